The van der Waals surface area contributed by atoms with Gasteiger partial charge in [-0.05, 0) is 41.0 Å². The molecule has 0 bridgehead atoms. The van der Waals surface area contributed by atoms with Gasteiger partial charge in [-0.25, -0.2) is 4.68 Å². The van der Waals surface area contributed by atoms with E-state index in [4.69, 9.17) is 4.74 Å². The van der Waals surface area contributed by atoms with Crippen LogP contribution in [0, 0.1) is 0 Å². The molecule has 2 heterocycles. The number of aromatic nitrogens is 4. The van der Waals surface area contributed by atoms with Crippen LogP contribution in [0.3, 0.4) is 0 Å². The highest BCUT2D eigenvalue weighted by molar-refractivity contribution is 5.76. The standard InChI is InChI=1S/C16H21N5O2/c1-3-15-17-18-19-21(15)11-16(22)20-10-4-5-14(20)12-6-8-13(23-2)9-7-12/h6-9,14H,3-5,10-11H2,1-2H3. The van der Waals surface area contributed by atoms with E-state index in [0.717, 1.165) is 36.5 Å². The maximum atomic E-state index is 12.7. The van der Waals surface area contributed by atoms with E-state index in [1.165, 1.54) is 0 Å². The third-order valence-corrected chi connectivity index (χ3v) is 4.28. The summed E-state index contributed by atoms with van der Waals surface area (Å²) in [6.07, 6.45) is 2.70. The van der Waals surface area contributed by atoms with Crippen molar-refractivity contribution in [1.29, 1.82) is 0 Å². The first kappa shape index (κ1) is 15.5. The van der Waals surface area contributed by atoms with Crippen LogP contribution in [-0.4, -0.2) is 44.7 Å². The molecule has 23 heavy (non-hydrogen) atoms. The van der Waals surface area contributed by atoms with Crippen molar-refractivity contribution in [1.82, 2.24) is 25.1 Å². The molecule has 1 aromatic heterocycles. The van der Waals surface area contributed by atoms with Crippen LogP contribution < -0.4 is 4.74 Å². The van der Waals surface area contributed by atoms with Crippen molar-refractivity contribution in [2.24, 2.45) is 0 Å². The van der Waals surface area contributed by atoms with Gasteiger partial charge in [0, 0.05) is 13.0 Å². The van der Waals surface area contributed by atoms with Gasteiger partial charge in [0.1, 0.15) is 12.3 Å². The summed E-state index contributed by atoms with van der Waals surface area (Å²) in [7, 11) is 1.65. The highest BCUT2D eigenvalue weighted by Gasteiger charge is 2.30. The summed E-state index contributed by atoms with van der Waals surface area (Å²) in [6.45, 7) is 2.95. The Kier molecular flexibility index (Phi) is 4.55. The third kappa shape index (κ3) is 3.18. The van der Waals surface area contributed by atoms with Crippen LogP contribution in [0.5, 0.6) is 5.75 Å². The van der Waals surface area contributed by atoms with E-state index in [-0.39, 0.29) is 18.5 Å². The number of carbonyl (C=O) groups excluding carboxylic acids is 1. The molecule has 0 N–H and O–H groups in total. The lowest BCUT2D eigenvalue weighted by atomic mass is 10.0. The van der Waals surface area contributed by atoms with Crippen LogP contribution in [-0.2, 0) is 17.8 Å². The molecule has 2 aromatic rings. The summed E-state index contributed by atoms with van der Waals surface area (Å²) >= 11 is 0. The molecule has 0 spiro atoms. The number of nitrogens with zero attached hydrogens (tertiary/aromatic N) is 5. The zero-order chi connectivity index (χ0) is 16.2. The fraction of sp³-hybridized carbons (Fsp3) is 0.500. The summed E-state index contributed by atoms with van der Waals surface area (Å²) in [6, 6.07) is 8.06. The summed E-state index contributed by atoms with van der Waals surface area (Å²) in [5.74, 6) is 1.62. The topological polar surface area (TPSA) is 73.1 Å². The van der Waals surface area contributed by atoms with Gasteiger partial charge in [-0.15, -0.1) is 5.10 Å². The molecule has 0 aliphatic carbocycles. The number of amides is 1. The molecule has 0 saturated carbocycles. The molecule has 1 unspecified atom stereocenters. The van der Waals surface area contributed by atoms with Gasteiger partial charge in [0.2, 0.25) is 5.91 Å². The van der Waals surface area contributed by atoms with Gasteiger partial charge in [0.05, 0.1) is 13.2 Å². The van der Waals surface area contributed by atoms with Crippen LogP contribution in [0.15, 0.2) is 24.3 Å². The Labute approximate surface area is 135 Å². The van der Waals surface area contributed by atoms with Crippen LogP contribution in [0.25, 0.3) is 0 Å². The Morgan fingerprint density at radius 1 is 1.35 bits per heavy atom. The Hall–Kier alpha value is -2.44. The Bertz CT molecular complexity index is 667. The van der Waals surface area contributed by atoms with E-state index in [2.05, 4.69) is 15.5 Å². The third-order valence-electron chi connectivity index (χ3n) is 4.28. The minimum Gasteiger partial charge on any atom is -0.497 e. The minimum atomic E-state index is 0.0605. The van der Waals surface area contributed by atoms with Crippen LogP contribution in [0.2, 0.25) is 0 Å². The summed E-state index contributed by atoms with van der Waals surface area (Å²) in [5, 5.41) is 11.5. The van der Waals surface area contributed by atoms with Gasteiger partial charge in [-0.3, -0.25) is 4.79 Å². The van der Waals surface area contributed by atoms with Gasteiger partial charge in [-0.1, -0.05) is 19.1 Å². The Morgan fingerprint density at radius 3 is 2.83 bits per heavy atom. The zero-order valence-corrected chi connectivity index (χ0v) is 13.5. The van der Waals surface area contributed by atoms with Gasteiger partial charge < -0.3 is 9.64 Å². The van der Waals surface area contributed by atoms with E-state index in [1.54, 1.807) is 11.8 Å². The maximum Gasteiger partial charge on any atom is 0.244 e. The van der Waals surface area contributed by atoms with E-state index >= 15 is 0 Å². The highest BCUT2D eigenvalue weighted by atomic mass is 16.5. The van der Waals surface area contributed by atoms with Crippen LogP contribution in [0.4, 0.5) is 0 Å². The molecule has 1 aliphatic heterocycles. The molecule has 1 aliphatic rings. The molecule has 1 fully saturated rings. The van der Waals surface area contributed by atoms with Gasteiger partial charge >= 0.3 is 0 Å². The van der Waals surface area contributed by atoms with Crippen molar-refractivity contribution in [3.8, 4) is 5.75 Å². The second-order valence-corrected chi connectivity index (χ2v) is 5.62. The second-order valence-electron chi connectivity index (χ2n) is 5.62. The first-order valence-corrected chi connectivity index (χ1v) is 7.91. The van der Waals surface area contributed by atoms with E-state index in [9.17, 15) is 4.79 Å². The summed E-state index contributed by atoms with van der Waals surface area (Å²) in [4.78, 5) is 14.6. The molecule has 7 heteroatoms. The molecule has 3 rings (SSSR count). The molecule has 1 atom stereocenters. The van der Waals surface area contributed by atoms with E-state index in [0.29, 0.717) is 6.42 Å². The van der Waals surface area contributed by atoms with E-state index in [1.807, 2.05) is 36.1 Å². The molecule has 0 radical (unpaired) electrons. The first-order chi connectivity index (χ1) is 11.2. The fourth-order valence-electron chi connectivity index (χ4n) is 3.06. The normalized spacial score (nSPS) is 17.5. The van der Waals surface area contributed by atoms with Crippen molar-refractivity contribution in [2.45, 2.75) is 38.8 Å². The molecule has 122 valence electrons. The molecular weight excluding hydrogens is 294 g/mol. The number of benzene rings is 1. The number of carbonyl (C=O) groups is 1. The van der Waals surface area contributed by atoms with Gasteiger partial charge in [-0.2, -0.15) is 0 Å². The van der Waals surface area contributed by atoms with Crippen molar-refractivity contribution in [3.05, 3.63) is 35.7 Å². The van der Waals surface area contributed by atoms with Crippen molar-refractivity contribution >= 4 is 5.91 Å². The number of hydrogen-bond acceptors (Lipinski definition) is 5. The lowest BCUT2D eigenvalue weighted by Gasteiger charge is -2.25. The summed E-state index contributed by atoms with van der Waals surface area (Å²) < 4.78 is 6.78. The lowest BCUT2D eigenvalue weighted by Crippen LogP contribution is -2.34. The number of ether oxygens (including phenoxy) is 1. The highest BCUT2D eigenvalue weighted by Crippen LogP contribution is 2.32. The number of likely N-dealkylation sites (tertiary alicyclic amines) is 1. The smallest absolute Gasteiger partial charge is 0.244 e. The zero-order valence-electron chi connectivity index (χ0n) is 13.5. The lowest BCUT2D eigenvalue weighted by molar-refractivity contribution is -0.133. The quantitative estimate of drug-likeness (QED) is 0.838. The SMILES string of the molecule is CCc1nnnn1CC(=O)N1CCCC1c1ccc(OC)cc1. The number of aryl methyl sites for hydroxylation is 1. The average Bonchev–Trinajstić information content (AvgIpc) is 3.23. The van der Waals surface area contributed by atoms with Gasteiger partial charge in [0.15, 0.2) is 5.82 Å². The number of rotatable bonds is 5. The largest absolute Gasteiger partial charge is 0.497 e. The second kappa shape index (κ2) is 6.76. The maximum absolute atomic E-state index is 12.7. The van der Waals surface area contributed by atoms with Crippen LogP contribution in [0.1, 0.15) is 37.2 Å². The van der Waals surface area contributed by atoms with Crippen molar-refractivity contribution in [2.75, 3.05) is 13.7 Å². The number of tetrazole rings is 1. The molecule has 1 saturated heterocycles. The first-order valence-electron chi connectivity index (χ1n) is 7.91. The van der Waals surface area contributed by atoms with Crippen LogP contribution >= 0.6 is 0 Å². The fourth-order valence-corrected chi connectivity index (χ4v) is 3.06. The molecule has 1 amide bonds. The Morgan fingerprint density at radius 2 is 2.13 bits per heavy atom. The summed E-state index contributed by atoms with van der Waals surface area (Å²) in [5.41, 5.74) is 1.14. The van der Waals surface area contributed by atoms with Gasteiger partial charge in [0.25, 0.3) is 0 Å². The number of methoxy groups -OCH3 is 1. The van der Waals surface area contributed by atoms with Crippen molar-refractivity contribution in [3.63, 3.8) is 0 Å². The molecule has 1 aromatic carbocycles. The number of hydrogen-bond donors (Lipinski definition) is 0. The predicted octanol–water partition coefficient (Wildman–Crippen LogP) is 1.61. The minimum absolute atomic E-state index is 0.0605. The predicted molar refractivity (Wildman–Crippen MR) is 83.9 cm³/mol. The monoisotopic (exact) mass is 315 g/mol. The van der Waals surface area contributed by atoms with Crippen molar-refractivity contribution < 1.29 is 9.53 Å². The molecule has 7 nitrogen and oxygen atoms in total. The van der Waals surface area contributed by atoms with E-state index < -0.39 is 0 Å². The molecular formula is C16H21N5O2. The Balaban J connectivity index is 1.74. The average molecular weight is 315 g/mol.